The smallest absolute Gasteiger partial charge is 0.391 e. The predicted molar refractivity (Wildman–Crippen MR) is 293 cm³/mol. The van der Waals surface area contributed by atoms with Crippen LogP contribution in [0.25, 0.3) is 10.4 Å². The molecule has 2 N–H and O–H groups in total. The zero-order valence-corrected chi connectivity index (χ0v) is 46.0. The number of nitrogens with zero attached hydrogens (tertiary/aromatic N) is 8. The van der Waals surface area contributed by atoms with E-state index in [0.29, 0.717) is 36.3 Å². The molecule has 0 bridgehead atoms. The first-order valence-electron chi connectivity index (χ1n) is 26.3. The number of amides is 4. The van der Waals surface area contributed by atoms with Gasteiger partial charge in [-0.05, 0) is 138 Å². The van der Waals surface area contributed by atoms with E-state index >= 15 is 0 Å². The highest BCUT2D eigenvalue weighted by atomic mass is 32.1. The Morgan fingerprint density at radius 3 is 2.24 bits per heavy atom. The van der Waals surface area contributed by atoms with Crippen molar-refractivity contribution in [2.24, 2.45) is 11.8 Å². The van der Waals surface area contributed by atoms with Crippen LogP contribution in [0.5, 0.6) is 0 Å². The minimum atomic E-state index is -4.80. The number of halogens is 3. The van der Waals surface area contributed by atoms with Gasteiger partial charge in [0, 0.05) is 55.3 Å². The number of alkyl halides is 3. The number of rotatable bonds is 12. The molecule has 4 atom stereocenters. The largest absolute Gasteiger partial charge is 0.417 e. The van der Waals surface area contributed by atoms with E-state index in [2.05, 4.69) is 32.2 Å². The number of carbonyl (C=O) groups is 4. The first kappa shape index (κ1) is 55.8. The van der Waals surface area contributed by atoms with Crippen molar-refractivity contribution >= 4 is 63.7 Å². The summed E-state index contributed by atoms with van der Waals surface area (Å²) in [5, 5.41) is 27.3. The first-order chi connectivity index (χ1) is 37.1. The summed E-state index contributed by atoms with van der Waals surface area (Å²) < 4.78 is 47.0. The number of hydrogen-bond donors (Lipinski definition) is 2. The number of anilines is 2. The van der Waals surface area contributed by atoms with Gasteiger partial charge in [-0.25, -0.2) is 4.98 Å². The van der Waals surface area contributed by atoms with Gasteiger partial charge in [-0.1, -0.05) is 55.1 Å². The Kier molecular flexibility index (Phi) is 16.3. The van der Waals surface area contributed by atoms with Crippen LogP contribution in [-0.2, 0) is 25.4 Å². The topological polar surface area (TPSA) is 179 Å². The summed E-state index contributed by atoms with van der Waals surface area (Å²) >= 11 is 7.24. The van der Waals surface area contributed by atoms with Crippen molar-refractivity contribution in [1.82, 2.24) is 30.2 Å². The van der Waals surface area contributed by atoms with E-state index in [4.69, 9.17) is 16.7 Å². The van der Waals surface area contributed by atoms with Crippen molar-refractivity contribution in [3.63, 3.8) is 0 Å². The van der Waals surface area contributed by atoms with Gasteiger partial charge >= 0.3 is 6.18 Å². The second kappa shape index (κ2) is 22.8. The van der Waals surface area contributed by atoms with Gasteiger partial charge < -0.3 is 34.5 Å². The lowest BCUT2D eigenvalue weighted by atomic mass is 9.91. The average molecular weight is 1100 g/mol. The maximum atomic E-state index is 14.4. The first-order valence-corrected chi connectivity index (χ1v) is 27.6. The van der Waals surface area contributed by atoms with Crippen LogP contribution in [0.2, 0.25) is 0 Å². The summed E-state index contributed by atoms with van der Waals surface area (Å²) in [5.41, 5.74) is 3.41. The molecule has 4 saturated heterocycles. The van der Waals surface area contributed by atoms with E-state index in [1.807, 2.05) is 62.1 Å². The Labute approximate surface area is 461 Å². The Bertz CT molecular complexity index is 3180. The Morgan fingerprint density at radius 1 is 0.962 bits per heavy atom. The molecule has 0 spiro atoms. The summed E-state index contributed by atoms with van der Waals surface area (Å²) in [5.74, 6) is 5.08. The van der Waals surface area contributed by atoms with Crippen LogP contribution in [0.15, 0.2) is 82.8 Å². The van der Waals surface area contributed by atoms with Crippen LogP contribution in [0, 0.1) is 48.9 Å². The van der Waals surface area contributed by atoms with Gasteiger partial charge in [0.15, 0.2) is 5.11 Å². The second-order valence-corrected chi connectivity index (χ2v) is 22.8. The van der Waals surface area contributed by atoms with E-state index in [-0.39, 0.29) is 53.8 Å². The molecule has 3 aromatic carbocycles. The van der Waals surface area contributed by atoms with Crippen LogP contribution in [0.4, 0.5) is 24.5 Å². The van der Waals surface area contributed by atoms with Crippen molar-refractivity contribution in [2.45, 2.75) is 122 Å². The van der Waals surface area contributed by atoms with Gasteiger partial charge in [0.05, 0.1) is 63.2 Å². The molecule has 6 heterocycles. The third-order valence-electron chi connectivity index (χ3n) is 15.5. The predicted octanol–water partition coefficient (Wildman–Crippen LogP) is 8.93. The monoisotopic (exact) mass is 1100 g/mol. The highest BCUT2D eigenvalue weighted by Crippen LogP contribution is 2.40. The van der Waals surface area contributed by atoms with Crippen molar-refractivity contribution in [3.05, 3.63) is 118 Å². The van der Waals surface area contributed by atoms with Crippen molar-refractivity contribution < 1.29 is 42.0 Å². The van der Waals surface area contributed by atoms with Gasteiger partial charge in [0.25, 0.3) is 5.91 Å². The van der Waals surface area contributed by atoms with Crippen LogP contribution < -0.4 is 15.1 Å². The third-order valence-corrected chi connectivity index (χ3v) is 16.9. The fourth-order valence-corrected chi connectivity index (χ4v) is 12.6. The molecule has 15 nitrogen and oxygen atoms in total. The number of β-amino-alcohol motifs (C(OH)–C–C–N with tert-alkyl or cyclic N) is 1. The van der Waals surface area contributed by atoms with Crippen molar-refractivity contribution in [1.29, 1.82) is 5.26 Å². The maximum Gasteiger partial charge on any atom is 0.417 e. The number of likely N-dealkylation sites (tertiary alicyclic amines) is 3. The molecule has 4 fully saturated rings. The van der Waals surface area contributed by atoms with Crippen LogP contribution in [0.3, 0.4) is 0 Å². The summed E-state index contributed by atoms with van der Waals surface area (Å²) in [6.45, 7) is 13.7. The number of hydrogen-bond acceptors (Lipinski definition) is 12. The number of piperidine rings is 2. The number of aryl methyl sites for hydroxylation is 2. The Hall–Kier alpha value is -6.97. The number of thiocarbonyl (C=S) groups is 1. The van der Waals surface area contributed by atoms with Gasteiger partial charge in [-0.15, -0.1) is 11.3 Å². The number of benzene rings is 3. The normalized spacial score (nSPS) is 20.2. The molecule has 408 valence electrons. The standard InChI is InChI=1S/C58H62F3N9O6S2/c1-34(2)51(49-27-35(3)65-76-49)54(74)68-32-45(71)29-48(68)53(73)64-47(39-11-13-40(14-12-39)52-36(4)63-33-78-52)30-50(72)67-25-21-42(22-26-67)66-23-19-38(20-24-66)8-7-37-9-16-43(17-10-37)70-56(77)69(55(75)57(70,5)6)44-18-15-41(31-62)46(28-44)58(59,60)61/h9-18,27-28,33-34,38,42,45,47-48,51,71H,19-26,29-30,32H2,1-6H3,(H,64,73)/t45-,47+,48+,51-/m1/s1. The van der Waals surface area contributed by atoms with Crippen LogP contribution in [0.1, 0.15) is 118 Å². The number of aliphatic hydroxyl groups excluding tert-OH is 1. The zero-order valence-electron chi connectivity index (χ0n) is 44.3. The van der Waals surface area contributed by atoms with Gasteiger partial charge in [0.1, 0.15) is 23.3 Å². The molecule has 5 aromatic rings. The molecule has 2 aromatic heterocycles. The van der Waals surface area contributed by atoms with Crippen molar-refractivity contribution in [3.8, 4) is 28.4 Å². The molecule has 0 aliphatic carbocycles. The molecule has 4 aliphatic heterocycles. The highest BCUT2D eigenvalue weighted by Gasteiger charge is 2.51. The lowest BCUT2D eigenvalue weighted by Gasteiger charge is -2.41. The number of carbonyl (C=O) groups excluding carboxylic acids is 4. The fourth-order valence-electron chi connectivity index (χ4n) is 11.2. The van der Waals surface area contributed by atoms with E-state index in [1.165, 1.54) is 22.3 Å². The summed E-state index contributed by atoms with van der Waals surface area (Å²) in [4.78, 5) is 70.5. The van der Waals surface area contributed by atoms with E-state index < -0.39 is 58.8 Å². The molecule has 9 rings (SSSR count). The molecule has 4 amide bonds. The van der Waals surface area contributed by atoms with Gasteiger partial charge in [-0.3, -0.25) is 24.1 Å². The summed E-state index contributed by atoms with van der Waals surface area (Å²) in [7, 11) is 0. The quantitative estimate of drug-likeness (QED) is 0.0897. The number of aromatic nitrogens is 2. The zero-order chi connectivity index (χ0) is 55.8. The van der Waals surface area contributed by atoms with Crippen LogP contribution in [-0.4, -0.2) is 115 Å². The second-order valence-electron chi connectivity index (χ2n) is 21.5. The minimum absolute atomic E-state index is 0.00813. The molecule has 0 radical (unpaired) electrons. The summed E-state index contributed by atoms with van der Waals surface area (Å²) in [6, 6.07) is 20.1. The van der Waals surface area contributed by atoms with Gasteiger partial charge in [-0.2, -0.15) is 18.4 Å². The molecular weight excluding hydrogens is 1040 g/mol. The van der Waals surface area contributed by atoms with Gasteiger partial charge in [0.2, 0.25) is 17.7 Å². The third kappa shape index (κ3) is 11.6. The van der Waals surface area contributed by atoms with E-state index in [0.717, 1.165) is 83.1 Å². The molecular formula is C58H62F3N9O6S2. The fraction of sp³-hybridized carbons (Fsp3) is 0.448. The lowest BCUT2D eigenvalue weighted by molar-refractivity contribution is -0.141. The SMILES string of the molecule is Cc1cc([C@H](C(=O)N2C[C@H](O)C[C@H]2C(=O)N[C@@H](CC(=O)N2CCC(N3CCC(C#Cc4ccc(N5C(=S)N(c6ccc(C#N)c(C(F)(F)F)c6)C(=O)C5(C)C)cc4)CC3)CC2)c2ccc(-c3scnc3C)cc2)C(C)C)on1. The number of aliphatic hydroxyl groups is 1. The average Bonchev–Trinajstić information content (AvgIpc) is 4.40. The van der Waals surface area contributed by atoms with Crippen molar-refractivity contribution in [2.75, 3.05) is 42.5 Å². The molecule has 78 heavy (non-hydrogen) atoms. The Morgan fingerprint density at radius 2 is 1.64 bits per heavy atom. The van der Waals surface area contributed by atoms with E-state index in [9.17, 15) is 42.7 Å². The lowest BCUT2D eigenvalue weighted by Crippen LogP contribution is -2.50. The molecule has 4 aliphatic rings. The molecule has 0 saturated carbocycles. The summed E-state index contributed by atoms with van der Waals surface area (Å²) in [6.07, 6.45) is -2.28. The van der Waals surface area contributed by atoms with Crippen LogP contribution >= 0.6 is 23.6 Å². The molecule has 0 unspecified atom stereocenters. The maximum absolute atomic E-state index is 14.4. The minimum Gasteiger partial charge on any atom is -0.391 e. The highest BCUT2D eigenvalue weighted by molar-refractivity contribution is 7.81. The number of thiazole rings is 1. The number of nitrogens with one attached hydrogen (secondary N) is 1. The van der Waals surface area contributed by atoms with E-state index in [1.54, 1.807) is 55.4 Å². The number of nitriles is 1. The molecule has 20 heteroatoms. The Balaban J connectivity index is 0.802.